The number of nitrogens with zero attached hydrogens (tertiary/aromatic N) is 2. The number of anilines is 1. The number of allylic oxidation sites excluding steroid dienone is 1. The Hall–Kier alpha value is -1.66. The minimum absolute atomic E-state index is 0.0160. The van der Waals surface area contributed by atoms with Gasteiger partial charge in [0, 0.05) is 16.6 Å². The van der Waals surface area contributed by atoms with Crippen molar-refractivity contribution in [2.75, 3.05) is 5.32 Å². The first-order chi connectivity index (χ1) is 10.0. The smallest absolute Gasteiger partial charge is 0.287 e. The molecule has 0 atom stereocenters. The zero-order valence-corrected chi connectivity index (χ0v) is 13.3. The standard InChI is InChI=1S/C14H12BrClFN3O/c1-2-5-20-14(21)13(16)12(8-19-20)18-7-9-6-10(15)3-4-11(9)17/h2-4,6,8,18H,1,5,7H2. The van der Waals surface area contributed by atoms with E-state index in [0.717, 1.165) is 4.47 Å². The van der Waals surface area contributed by atoms with Gasteiger partial charge in [-0.1, -0.05) is 33.6 Å². The summed E-state index contributed by atoms with van der Waals surface area (Å²) in [6.07, 6.45) is 2.98. The van der Waals surface area contributed by atoms with E-state index in [-0.39, 0.29) is 23.9 Å². The molecule has 0 saturated heterocycles. The van der Waals surface area contributed by atoms with E-state index in [4.69, 9.17) is 11.6 Å². The van der Waals surface area contributed by atoms with Crippen molar-refractivity contribution in [3.05, 3.63) is 68.3 Å². The first-order valence-corrected chi connectivity index (χ1v) is 7.24. The van der Waals surface area contributed by atoms with E-state index < -0.39 is 5.56 Å². The van der Waals surface area contributed by atoms with Crippen LogP contribution in [-0.4, -0.2) is 9.78 Å². The Morgan fingerprint density at radius 3 is 3.00 bits per heavy atom. The second-order valence-electron chi connectivity index (χ2n) is 4.24. The Bertz CT molecular complexity index is 733. The first kappa shape index (κ1) is 15.7. The molecule has 2 rings (SSSR count). The fourth-order valence-corrected chi connectivity index (χ4v) is 2.33. The van der Waals surface area contributed by atoms with Gasteiger partial charge in [-0.3, -0.25) is 4.79 Å². The zero-order valence-electron chi connectivity index (χ0n) is 10.9. The number of nitrogens with one attached hydrogen (secondary N) is 1. The lowest BCUT2D eigenvalue weighted by molar-refractivity contribution is 0.612. The van der Waals surface area contributed by atoms with Crippen LogP contribution in [0, 0.1) is 5.82 Å². The quantitative estimate of drug-likeness (QED) is 0.816. The molecule has 4 nitrogen and oxygen atoms in total. The van der Waals surface area contributed by atoms with E-state index in [9.17, 15) is 9.18 Å². The molecular weight excluding hydrogens is 361 g/mol. The third-order valence-electron chi connectivity index (χ3n) is 2.76. The van der Waals surface area contributed by atoms with Crippen LogP contribution < -0.4 is 10.9 Å². The highest BCUT2D eigenvalue weighted by atomic mass is 79.9. The predicted octanol–water partition coefficient (Wildman–Crippen LogP) is 3.60. The van der Waals surface area contributed by atoms with Crippen LogP contribution >= 0.6 is 27.5 Å². The predicted molar refractivity (Wildman–Crippen MR) is 85.1 cm³/mol. The molecule has 0 fully saturated rings. The van der Waals surface area contributed by atoms with E-state index in [0.29, 0.717) is 11.3 Å². The molecule has 0 aliphatic heterocycles. The number of aromatic nitrogens is 2. The fourth-order valence-electron chi connectivity index (χ4n) is 1.71. The number of hydrogen-bond acceptors (Lipinski definition) is 3. The molecule has 0 spiro atoms. The minimum Gasteiger partial charge on any atom is -0.378 e. The zero-order chi connectivity index (χ0) is 15.4. The van der Waals surface area contributed by atoms with Crippen LogP contribution in [0.1, 0.15) is 5.56 Å². The van der Waals surface area contributed by atoms with Crippen LogP contribution in [0.2, 0.25) is 5.02 Å². The SMILES string of the molecule is C=CCn1ncc(NCc2cc(Br)ccc2F)c(Cl)c1=O. The van der Waals surface area contributed by atoms with Gasteiger partial charge >= 0.3 is 0 Å². The fraction of sp³-hybridized carbons (Fsp3) is 0.143. The van der Waals surface area contributed by atoms with Gasteiger partial charge in [0.25, 0.3) is 5.56 Å². The van der Waals surface area contributed by atoms with E-state index in [1.807, 2.05) is 0 Å². The molecule has 1 aromatic heterocycles. The Kier molecular flexibility index (Phi) is 5.14. The van der Waals surface area contributed by atoms with E-state index in [2.05, 4.69) is 32.9 Å². The van der Waals surface area contributed by atoms with Crippen molar-refractivity contribution in [1.29, 1.82) is 0 Å². The Morgan fingerprint density at radius 2 is 2.29 bits per heavy atom. The minimum atomic E-state index is -0.420. The summed E-state index contributed by atoms with van der Waals surface area (Å²) in [5.41, 5.74) is 0.397. The van der Waals surface area contributed by atoms with Crippen LogP contribution in [0.5, 0.6) is 0 Å². The van der Waals surface area contributed by atoms with Crippen LogP contribution in [0.3, 0.4) is 0 Å². The van der Waals surface area contributed by atoms with Crippen molar-refractivity contribution >= 4 is 33.2 Å². The summed E-state index contributed by atoms with van der Waals surface area (Å²) in [4.78, 5) is 11.9. The molecule has 0 saturated carbocycles. The lowest BCUT2D eigenvalue weighted by Crippen LogP contribution is -2.23. The van der Waals surface area contributed by atoms with E-state index in [1.165, 1.54) is 16.9 Å². The molecule has 1 aromatic carbocycles. The van der Waals surface area contributed by atoms with Crippen molar-refractivity contribution in [3.8, 4) is 0 Å². The molecule has 0 amide bonds. The Morgan fingerprint density at radius 1 is 1.52 bits per heavy atom. The van der Waals surface area contributed by atoms with Crippen molar-refractivity contribution in [2.24, 2.45) is 0 Å². The largest absolute Gasteiger partial charge is 0.378 e. The first-order valence-electron chi connectivity index (χ1n) is 6.07. The maximum atomic E-state index is 13.6. The summed E-state index contributed by atoms with van der Waals surface area (Å²) in [5, 5.41) is 6.89. The van der Waals surface area contributed by atoms with Crippen LogP contribution in [-0.2, 0) is 13.1 Å². The van der Waals surface area contributed by atoms with Crippen molar-refractivity contribution in [1.82, 2.24) is 9.78 Å². The normalized spacial score (nSPS) is 10.4. The van der Waals surface area contributed by atoms with Gasteiger partial charge in [0.1, 0.15) is 10.8 Å². The van der Waals surface area contributed by atoms with Gasteiger partial charge in [-0.25, -0.2) is 9.07 Å². The highest BCUT2D eigenvalue weighted by Gasteiger charge is 2.09. The molecule has 7 heteroatoms. The highest BCUT2D eigenvalue weighted by molar-refractivity contribution is 9.10. The molecular formula is C14H12BrClFN3O. The van der Waals surface area contributed by atoms with Gasteiger partial charge in [-0.15, -0.1) is 6.58 Å². The second-order valence-corrected chi connectivity index (χ2v) is 5.53. The van der Waals surface area contributed by atoms with E-state index >= 15 is 0 Å². The number of hydrogen-bond donors (Lipinski definition) is 1. The van der Waals surface area contributed by atoms with Gasteiger partial charge in [-0.05, 0) is 18.2 Å². The lowest BCUT2D eigenvalue weighted by atomic mass is 10.2. The van der Waals surface area contributed by atoms with Crippen molar-refractivity contribution in [2.45, 2.75) is 13.1 Å². The average Bonchev–Trinajstić information content (AvgIpc) is 2.46. The molecule has 1 heterocycles. The van der Waals surface area contributed by atoms with Crippen LogP contribution in [0.4, 0.5) is 10.1 Å². The van der Waals surface area contributed by atoms with E-state index in [1.54, 1.807) is 18.2 Å². The summed E-state index contributed by atoms with van der Waals surface area (Å²) in [6.45, 7) is 4.01. The molecule has 0 unspecified atom stereocenters. The maximum absolute atomic E-state index is 13.6. The third kappa shape index (κ3) is 3.71. The molecule has 0 aliphatic carbocycles. The lowest BCUT2D eigenvalue weighted by Gasteiger charge is -2.10. The third-order valence-corrected chi connectivity index (χ3v) is 3.62. The van der Waals surface area contributed by atoms with Crippen molar-refractivity contribution < 1.29 is 4.39 Å². The molecule has 21 heavy (non-hydrogen) atoms. The molecule has 1 N–H and O–H groups in total. The van der Waals surface area contributed by atoms with Gasteiger partial charge in [0.05, 0.1) is 18.4 Å². The number of rotatable bonds is 5. The van der Waals surface area contributed by atoms with Gasteiger partial charge < -0.3 is 5.32 Å². The van der Waals surface area contributed by atoms with Gasteiger partial charge in [0.15, 0.2) is 0 Å². The summed E-state index contributed by atoms with van der Waals surface area (Å²) in [6, 6.07) is 4.63. The average molecular weight is 373 g/mol. The van der Waals surface area contributed by atoms with Gasteiger partial charge in [0.2, 0.25) is 0 Å². The summed E-state index contributed by atoms with van der Waals surface area (Å²) < 4.78 is 15.6. The Labute approximate surface area is 134 Å². The summed E-state index contributed by atoms with van der Waals surface area (Å²) in [5.74, 6) is -0.338. The topological polar surface area (TPSA) is 46.9 Å². The van der Waals surface area contributed by atoms with Gasteiger partial charge in [-0.2, -0.15) is 5.10 Å². The monoisotopic (exact) mass is 371 g/mol. The van der Waals surface area contributed by atoms with Crippen molar-refractivity contribution in [3.63, 3.8) is 0 Å². The van der Waals surface area contributed by atoms with Crippen LogP contribution in [0.25, 0.3) is 0 Å². The molecule has 0 aliphatic rings. The maximum Gasteiger partial charge on any atom is 0.287 e. The summed E-state index contributed by atoms with van der Waals surface area (Å²) >= 11 is 9.28. The molecule has 2 aromatic rings. The summed E-state index contributed by atoms with van der Waals surface area (Å²) in [7, 11) is 0. The second kappa shape index (κ2) is 6.87. The number of benzene rings is 1. The highest BCUT2D eigenvalue weighted by Crippen LogP contribution is 2.19. The Balaban J connectivity index is 2.21. The molecule has 0 bridgehead atoms. The molecule has 0 radical (unpaired) electrons. The van der Waals surface area contributed by atoms with Crippen LogP contribution in [0.15, 0.2) is 46.3 Å². The number of halogens is 3. The molecule has 110 valence electrons.